The van der Waals surface area contributed by atoms with Crippen LogP contribution in [0.25, 0.3) is 0 Å². The van der Waals surface area contributed by atoms with Gasteiger partial charge >= 0.3 is 0 Å². The number of ether oxygens (including phenoxy) is 1. The van der Waals surface area contributed by atoms with Crippen LogP contribution >= 0.6 is 0 Å². The molecule has 1 unspecified atom stereocenters. The molecule has 3 amide bonds. The smallest absolute Gasteiger partial charge is 0.251 e. The van der Waals surface area contributed by atoms with Crippen molar-refractivity contribution in [3.63, 3.8) is 0 Å². The van der Waals surface area contributed by atoms with E-state index in [1.165, 1.54) is 0 Å². The van der Waals surface area contributed by atoms with Crippen molar-refractivity contribution >= 4 is 17.7 Å². The van der Waals surface area contributed by atoms with Crippen molar-refractivity contribution in [1.29, 1.82) is 0 Å². The highest BCUT2D eigenvalue weighted by molar-refractivity contribution is 5.94. The summed E-state index contributed by atoms with van der Waals surface area (Å²) in [7, 11) is 0. The number of carbonyl (C=O) groups excluding carboxylic acids is 3. The zero-order valence-corrected chi connectivity index (χ0v) is 15.6. The van der Waals surface area contributed by atoms with Gasteiger partial charge in [0.05, 0.1) is 0 Å². The van der Waals surface area contributed by atoms with Gasteiger partial charge in [0.2, 0.25) is 5.91 Å². The Morgan fingerprint density at radius 3 is 2.41 bits per heavy atom. The van der Waals surface area contributed by atoms with Gasteiger partial charge in [0, 0.05) is 51.3 Å². The molecule has 27 heavy (non-hydrogen) atoms. The standard InChI is InChI=1S/C20H27N3O4/c24-18(9-4-10-21-19(25)16-6-2-1-3-7-16)22-11-13-23(14-12-22)20(26)17-8-5-15-27-17/h1-3,6-7,17H,4-5,8-15H2,(H,21,25). The summed E-state index contributed by atoms with van der Waals surface area (Å²) >= 11 is 0. The summed E-state index contributed by atoms with van der Waals surface area (Å²) in [5, 5.41) is 2.83. The van der Waals surface area contributed by atoms with E-state index < -0.39 is 0 Å². The largest absolute Gasteiger partial charge is 0.368 e. The highest BCUT2D eigenvalue weighted by Crippen LogP contribution is 2.16. The van der Waals surface area contributed by atoms with E-state index in [2.05, 4.69) is 5.32 Å². The number of hydrogen-bond acceptors (Lipinski definition) is 4. The van der Waals surface area contributed by atoms with Crippen LogP contribution in [0.15, 0.2) is 30.3 Å². The van der Waals surface area contributed by atoms with Crippen LogP contribution in [0.1, 0.15) is 36.0 Å². The minimum atomic E-state index is -0.291. The SMILES string of the molecule is O=C(NCCCC(=O)N1CCN(C(=O)C2CCCO2)CC1)c1ccccc1. The molecule has 0 radical (unpaired) electrons. The average molecular weight is 373 g/mol. The van der Waals surface area contributed by atoms with Crippen LogP contribution < -0.4 is 5.32 Å². The van der Waals surface area contributed by atoms with E-state index in [1.807, 2.05) is 18.2 Å². The first-order chi connectivity index (χ1) is 13.1. The molecule has 0 aliphatic carbocycles. The van der Waals surface area contributed by atoms with Crippen LogP contribution in [0, 0.1) is 0 Å². The first-order valence-corrected chi connectivity index (χ1v) is 9.66. The van der Waals surface area contributed by atoms with Gasteiger partial charge in [-0.1, -0.05) is 18.2 Å². The van der Waals surface area contributed by atoms with Crippen LogP contribution in [-0.4, -0.2) is 73.0 Å². The lowest BCUT2D eigenvalue weighted by Gasteiger charge is -2.35. The molecule has 1 atom stereocenters. The third kappa shape index (κ3) is 5.29. The number of piperazine rings is 1. The number of benzene rings is 1. The van der Waals surface area contributed by atoms with Crippen LogP contribution in [0.2, 0.25) is 0 Å². The zero-order valence-electron chi connectivity index (χ0n) is 15.6. The number of amides is 3. The Bertz CT molecular complexity index is 650. The van der Waals surface area contributed by atoms with E-state index >= 15 is 0 Å². The summed E-state index contributed by atoms with van der Waals surface area (Å²) in [5.74, 6) is 0.0145. The highest BCUT2D eigenvalue weighted by Gasteiger charge is 2.31. The molecule has 7 nitrogen and oxygen atoms in total. The fourth-order valence-corrected chi connectivity index (χ4v) is 3.44. The molecule has 146 valence electrons. The van der Waals surface area contributed by atoms with Gasteiger partial charge in [0.15, 0.2) is 0 Å². The average Bonchev–Trinajstić information content (AvgIpc) is 3.26. The maximum atomic E-state index is 12.3. The predicted octanol–water partition coefficient (Wildman–Crippen LogP) is 1.05. The van der Waals surface area contributed by atoms with Gasteiger partial charge in [0.25, 0.3) is 11.8 Å². The molecule has 7 heteroatoms. The van der Waals surface area contributed by atoms with Crippen molar-refractivity contribution in [3.05, 3.63) is 35.9 Å². The van der Waals surface area contributed by atoms with Crippen molar-refractivity contribution in [2.24, 2.45) is 0 Å². The second kappa shape index (κ2) is 9.50. The first-order valence-electron chi connectivity index (χ1n) is 9.66. The summed E-state index contributed by atoms with van der Waals surface area (Å²) in [5.41, 5.74) is 0.621. The number of rotatable bonds is 6. The number of carbonyl (C=O) groups is 3. The molecule has 1 N–H and O–H groups in total. The Balaban J connectivity index is 1.32. The van der Waals surface area contributed by atoms with E-state index in [0.717, 1.165) is 12.8 Å². The van der Waals surface area contributed by atoms with Crippen LogP contribution in [0.3, 0.4) is 0 Å². The molecule has 2 aliphatic heterocycles. The normalized spacial score (nSPS) is 19.8. The van der Waals surface area contributed by atoms with Gasteiger partial charge in [-0.3, -0.25) is 14.4 Å². The number of nitrogens with one attached hydrogen (secondary N) is 1. The Hall–Kier alpha value is -2.41. The Kier molecular flexibility index (Phi) is 6.81. The number of hydrogen-bond donors (Lipinski definition) is 1. The van der Waals surface area contributed by atoms with Crippen LogP contribution in [-0.2, 0) is 14.3 Å². The van der Waals surface area contributed by atoms with E-state index in [-0.39, 0.29) is 23.8 Å². The lowest BCUT2D eigenvalue weighted by molar-refractivity contribution is -0.146. The molecular formula is C20H27N3O4. The molecule has 2 heterocycles. The van der Waals surface area contributed by atoms with E-state index in [0.29, 0.717) is 57.7 Å². The second-order valence-corrected chi connectivity index (χ2v) is 6.93. The third-order valence-electron chi connectivity index (χ3n) is 5.04. The summed E-state index contributed by atoms with van der Waals surface area (Å²) in [6, 6.07) is 9.03. The third-order valence-corrected chi connectivity index (χ3v) is 5.04. The second-order valence-electron chi connectivity index (χ2n) is 6.93. The maximum absolute atomic E-state index is 12.3. The predicted molar refractivity (Wildman–Crippen MR) is 100 cm³/mol. The zero-order chi connectivity index (χ0) is 19.1. The minimum Gasteiger partial charge on any atom is -0.368 e. The molecule has 3 rings (SSSR count). The molecule has 2 aliphatic rings. The molecule has 2 fully saturated rings. The molecule has 2 saturated heterocycles. The number of nitrogens with zero attached hydrogens (tertiary/aromatic N) is 2. The van der Waals surface area contributed by atoms with E-state index in [1.54, 1.807) is 21.9 Å². The molecule has 1 aromatic rings. The molecular weight excluding hydrogens is 346 g/mol. The fourth-order valence-electron chi connectivity index (χ4n) is 3.44. The molecule has 0 spiro atoms. The van der Waals surface area contributed by atoms with Crippen molar-refractivity contribution in [1.82, 2.24) is 15.1 Å². The summed E-state index contributed by atoms with van der Waals surface area (Å²) < 4.78 is 5.45. The molecule has 0 bridgehead atoms. The fraction of sp³-hybridized carbons (Fsp3) is 0.550. The first kappa shape index (κ1) is 19.4. The van der Waals surface area contributed by atoms with Crippen molar-refractivity contribution < 1.29 is 19.1 Å². The Morgan fingerprint density at radius 2 is 1.74 bits per heavy atom. The van der Waals surface area contributed by atoms with Gasteiger partial charge in [-0.25, -0.2) is 0 Å². The topological polar surface area (TPSA) is 79.0 Å². The van der Waals surface area contributed by atoms with Crippen molar-refractivity contribution in [3.8, 4) is 0 Å². The van der Waals surface area contributed by atoms with Crippen LogP contribution in [0.5, 0.6) is 0 Å². The Morgan fingerprint density at radius 1 is 1.04 bits per heavy atom. The lowest BCUT2D eigenvalue weighted by atomic mass is 10.2. The van der Waals surface area contributed by atoms with Gasteiger partial charge in [-0.2, -0.15) is 0 Å². The Labute approximate surface area is 159 Å². The van der Waals surface area contributed by atoms with E-state index in [9.17, 15) is 14.4 Å². The van der Waals surface area contributed by atoms with Crippen LogP contribution in [0.4, 0.5) is 0 Å². The molecule has 1 aromatic carbocycles. The van der Waals surface area contributed by atoms with Gasteiger partial charge in [-0.05, 0) is 31.4 Å². The van der Waals surface area contributed by atoms with Crippen molar-refractivity contribution in [2.75, 3.05) is 39.3 Å². The minimum absolute atomic E-state index is 0.0585. The summed E-state index contributed by atoms with van der Waals surface area (Å²) in [6.07, 6.45) is 2.45. The van der Waals surface area contributed by atoms with E-state index in [4.69, 9.17) is 4.74 Å². The van der Waals surface area contributed by atoms with Crippen molar-refractivity contribution in [2.45, 2.75) is 31.8 Å². The molecule has 0 aromatic heterocycles. The van der Waals surface area contributed by atoms with Gasteiger partial charge in [0.1, 0.15) is 6.10 Å². The summed E-state index contributed by atoms with van der Waals surface area (Å²) in [4.78, 5) is 40.2. The quantitative estimate of drug-likeness (QED) is 0.756. The summed E-state index contributed by atoms with van der Waals surface area (Å²) in [6.45, 7) is 3.39. The lowest BCUT2D eigenvalue weighted by Crippen LogP contribution is -2.52. The maximum Gasteiger partial charge on any atom is 0.251 e. The van der Waals surface area contributed by atoms with Gasteiger partial charge in [-0.15, -0.1) is 0 Å². The highest BCUT2D eigenvalue weighted by atomic mass is 16.5. The van der Waals surface area contributed by atoms with Gasteiger partial charge < -0.3 is 19.9 Å². The molecule has 0 saturated carbocycles. The monoisotopic (exact) mass is 373 g/mol.